The quantitative estimate of drug-likeness (QED) is 0.715. The summed E-state index contributed by atoms with van der Waals surface area (Å²) in [5, 5.41) is 7.69. The number of ether oxygens (including phenoxy) is 3. The van der Waals surface area contributed by atoms with E-state index in [2.05, 4.69) is 20.6 Å². The molecule has 2 N–H and O–H groups in total. The van der Waals surface area contributed by atoms with Crippen molar-refractivity contribution >= 4 is 28.4 Å². The van der Waals surface area contributed by atoms with Crippen LogP contribution in [0, 0.1) is 0 Å². The molecule has 7 heteroatoms. The highest BCUT2D eigenvalue weighted by Gasteiger charge is 2.17. The average Bonchev–Trinajstić information content (AvgIpc) is 3.37. The Morgan fingerprint density at radius 3 is 2.89 bits per heavy atom. The van der Waals surface area contributed by atoms with E-state index in [-0.39, 0.29) is 12.9 Å². The summed E-state index contributed by atoms with van der Waals surface area (Å²) in [6, 6.07) is 13.7. The van der Waals surface area contributed by atoms with E-state index in [0.29, 0.717) is 5.95 Å². The largest absolute Gasteiger partial charge is 0.454 e. The summed E-state index contributed by atoms with van der Waals surface area (Å²) in [4.78, 5) is 9.33. The van der Waals surface area contributed by atoms with E-state index in [4.69, 9.17) is 14.2 Å². The van der Waals surface area contributed by atoms with Gasteiger partial charge in [-0.15, -0.1) is 0 Å². The Hall–Kier alpha value is -3.06. The van der Waals surface area contributed by atoms with Crippen molar-refractivity contribution in [2.75, 3.05) is 30.6 Å². The van der Waals surface area contributed by atoms with Crippen LogP contribution in [0.2, 0.25) is 0 Å². The van der Waals surface area contributed by atoms with Crippen molar-refractivity contribution in [1.82, 2.24) is 9.97 Å². The Balaban J connectivity index is 1.43. The van der Waals surface area contributed by atoms with Crippen molar-refractivity contribution in [3.63, 3.8) is 0 Å². The van der Waals surface area contributed by atoms with Gasteiger partial charge in [-0.05, 0) is 37.1 Å². The maximum atomic E-state index is 5.71. The molecule has 1 saturated heterocycles. The van der Waals surface area contributed by atoms with Gasteiger partial charge in [-0.3, -0.25) is 0 Å². The predicted octanol–water partition coefficient (Wildman–Crippen LogP) is 3.69. The molecule has 2 aromatic carbocycles. The number of rotatable bonds is 5. The average molecular weight is 364 g/mol. The molecule has 0 radical (unpaired) electrons. The molecule has 0 aliphatic carbocycles. The van der Waals surface area contributed by atoms with Crippen molar-refractivity contribution < 1.29 is 14.2 Å². The third-order valence-corrected chi connectivity index (χ3v) is 4.75. The van der Waals surface area contributed by atoms with Gasteiger partial charge in [0.2, 0.25) is 12.7 Å². The van der Waals surface area contributed by atoms with E-state index in [1.807, 2.05) is 42.5 Å². The van der Waals surface area contributed by atoms with Gasteiger partial charge in [0.15, 0.2) is 11.5 Å². The molecular formula is C20H20N4O3. The first-order chi connectivity index (χ1) is 13.3. The minimum atomic E-state index is 0.240. The third kappa shape index (κ3) is 3.33. The van der Waals surface area contributed by atoms with Gasteiger partial charge in [-0.2, -0.15) is 4.98 Å². The highest BCUT2D eigenvalue weighted by Crippen LogP contribution is 2.35. The van der Waals surface area contributed by atoms with Crippen molar-refractivity contribution in [2.45, 2.75) is 18.9 Å². The Morgan fingerprint density at radius 1 is 1.04 bits per heavy atom. The van der Waals surface area contributed by atoms with Crippen LogP contribution < -0.4 is 20.1 Å². The number of nitrogens with zero attached hydrogens (tertiary/aromatic N) is 2. The molecule has 27 heavy (non-hydrogen) atoms. The Morgan fingerprint density at radius 2 is 1.96 bits per heavy atom. The summed E-state index contributed by atoms with van der Waals surface area (Å²) < 4.78 is 16.5. The van der Waals surface area contributed by atoms with Crippen LogP contribution in [0.15, 0.2) is 42.5 Å². The Labute approximate surface area is 156 Å². The number of anilines is 3. The second-order valence-corrected chi connectivity index (χ2v) is 6.62. The Bertz CT molecular complexity index is 973. The van der Waals surface area contributed by atoms with Gasteiger partial charge in [0.25, 0.3) is 0 Å². The van der Waals surface area contributed by atoms with Crippen molar-refractivity contribution in [1.29, 1.82) is 0 Å². The fraction of sp³-hybridized carbons (Fsp3) is 0.300. The topological polar surface area (TPSA) is 77.5 Å². The predicted molar refractivity (Wildman–Crippen MR) is 103 cm³/mol. The normalized spacial score (nSPS) is 18.0. The van der Waals surface area contributed by atoms with E-state index in [0.717, 1.165) is 59.9 Å². The molecule has 3 aromatic rings. The van der Waals surface area contributed by atoms with Crippen molar-refractivity contribution in [3.05, 3.63) is 42.5 Å². The monoisotopic (exact) mass is 364 g/mol. The van der Waals surface area contributed by atoms with Gasteiger partial charge < -0.3 is 24.8 Å². The maximum absolute atomic E-state index is 5.71. The fourth-order valence-corrected chi connectivity index (χ4v) is 3.39. The van der Waals surface area contributed by atoms with Crippen LogP contribution in [-0.2, 0) is 4.74 Å². The van der Waals surface area contributed by atoms with Crippen LogP contribution in [-0.4, -0.2) is 36.0 Å². The number of aromatic nitrogens is 2. The number of hydrogen-bond donors (Lipinski definition) is 2. The third-order valence-electron chi connectivity index (χ3n) is 4.75. The zero-order valence-corrected chi connectivity index (χ0v) is 14.8. The highest BCUT2D eigenvalue weighted by atomic mass is 16.7. The van der Waals surface area contributed by atoms with Crippen molar-refractivity contribution in [2.24, 2.45) is 0 Å². The number of benzene rings is 2. The zero-order valence-electron chi connectivity index (χ0n) is 14.8. The fourth-order valence-electron chi connectivity index (χ4n) is 3.39. The molecule has 1 atom stereocenters. The second-order valence-electron chi connectivity index (χ2n) is 6.62. The van der Waals surface area contributed by atoms with Crippen molar-refractivity contribution in [3.8, 4) is 11.5 Å². The molecule has 2 aliphatic heterocycles. The zero-order chi connectivity index (χ0) is 18.1. The summed E-state index contributed by atoms with van der Waals surface area (Å²) in [7, 11) is 0. The molecule has 7 nitrogen and oxygen atoms in total. The number of para-hydroxylation sites is 1. The number of hydrogen-bond acceptors (Lipinski definition) is 7. The lowest BCUT2D eigenvalue weighted by Gasteiger charge is -2.14. The first kappa shape index (κ1) is 16.1. The summed E-state index contributed by atoms with van der Waals surface area (Å²) in [5.74, 6) is 2.80. The van der Waals surface area contributed by atoms with Crippen LogP contribution in [0.25, 0.3) is 10.9 Å². The number of nitrogens with one attached hydrogen (secondary N) is 2. The molecule has 0 saturated carbocycles. The highest BCUT2D eigenvalue weighted by molar-refractivity contribution is 5.90. The lowest BCUT2D eigenvalue weighted by Crippen LogP contribution is -2.19. The first-order valence-electron chi connectivity index (χ1n) is 9.14. The van der Waals surface area contributed by atoms with Gasteiger partial charge in [-0.1, -0.05) is 12.1 Å². The minimum Gasteiger partial charge on any atom is -0.454 e. The van der Waals surface area contributed by atoms with Gasteiger partial charge in [0, 0.05) is 30.3 Å². The molecule has 0 amide bonds. The summed E-state index contributed by atoms with van der Waals surface area (Å²) >= 11 is 0. The van der Waals surface area contributed by atoms with Crippen LogP contribution in [0.4, 0.5) is 17.5 Å². The molecule has 0 unspecified atom stereocenters. The molecule has 1 fully saturated rings. The lowest BCUT2D eigenvalue weighted by atomic mass is 10.2. The van der Waals surface area contributed by atoms with Crippen LogP contribution >= 0.6 is 0 Å². The van der Waals surface area contributed by atoms with Crippen LogP contribution in [0.5, 0.6) is 11.5 Å². The lowest BCUT2D eigenvalue weighted by molar-refractivity contribution is 0.120. The molecule has 2 aliphatic rings. The van der Waals surface area contributed by atoms with Crippen LogP contribution in [0.3, 0.4) is 0 Å². The smallest absolute Gasteiger partial charge is 0.231 e. The van der Waals surface area contributed by atoms with E-state index in [9.17, 15) is 0 Å². The molecule has 3 heterocycles. The van der Waals surface area contributed by atoms with E-state index in [1.54, 1.807) is 0 Å². The van der Waals surface area contributed by atoms with Gasteiger partial charge in [0.1, 0.15) is 5.82 Å². The summed E-state index contributed by atoms with van der Waals surface area (Å²) in [6.07, 6.45) is 2.44. The molecule has 1 aromatic heterocycles. The van der Waals surface area contributed by atoms with E-state index >= 15 is 0 Å². The van der Waals surface area contributed by atoms with Crippen LogP contribution in [0.1, 0.15) is 12.8 Å². The molecule has 138 valence electrons. The van der Waals surface area contributed by atoms with Gasteiger partial charge >= 0.3 is 0 Å². The van der Waals surface area contributed by atoms with Gasteiger partial charge in [0.05, 0.1) is 11.6 Å². The SMILES string of the molecule is c1ccc2c(NC[C@H]3CCCO3)nc(Nc3ccc4c(c3)OCO4)nc2c1. The standard InChI is InChI=1S/C20H20N4O3/c1-2-6-16-15(5-1)19(21-11-14-4-3-9-25-14)24-20(23-16)22-13-7-8-17-18(10-13)27-12-26-17/h1-2,5-8,10,14H,3-4,9,11-12H2,(H2,21,22,23,24)/t14-/m1/s1. The first-order valence-corrected chi connectivity index (χ1v) is 9.14. The molecular weight excluding hydrogens is 344 g/mol. The molecule has 5 rings (SSSR count). The summed E-state index contributed by atoms with van der Waals surface area (Å²) in [5.41, 5.74) is 1.73. The number of fused-ring (bicyclic) bond motifs is 2. The van der Waals surface area contributed by atoms with Gasteiger partial charge in [-0.25, -0.2) is 4.98 Å². The summed E-state index contributed by atoms with van der Waals surface area (Å²) in [6.45, 7) is 1.83. The maximum Gasteiger partial charge on any atom is 0.231 e. The Kier molecular flexibility index (Phi) is 4.14. The molecule has 0 spiro atoms. The van der Waals surface area contributed by atoms with E-state index in [1.165, 1.54) is 0 Å². The minimum absolute atomic E-state index is 0.240. The molecule has 0 bridgehead atoms. The second kappa shape index (κ2) is 6.92. The van der Waals surface area contributed by atoms with E-state index < -0.39 is 0 Å².